The third-order valence-electron chi connectivity index (χ3n) is 1.51. The van der Waals surface area contributed by atoms with Crippen molar-refractivity contribution < 1.29 is 15.0 Å². The average molecular weight is 205 g/mol. The third kappa shape index (κ3) is 11.5. The van der Waals surface area contributed by atoms with Gasteiger partial charge in [-0.1, -0.05) is 0 Å². The fraction of sp³-hybridized carbons (Fsp3) is 0.875. The predicted octanol–water partition coefficient (Wildman–Crippen LogP) is -2.74. The van der Waals surface area contributed by atoms with Gasteiger partial charge in [0.05, 0.1) is 6.54 Å². The van der Waals surface area contributed by atoms with Crippen molar-refractivity contribution in [1.29, 1.82) is 0 Å². The molecule has 6 nitrogen and oxygen atoms in total. The highest BCUT2D eigenvalue weighted by Gasteiger charge is 1.94. The summed E-state index contributed by atoms with van der Waals surface area (Å²) in [5.74, 6) is 0. The first-order valence-corrected chi connectivity index (χ1v) is 4.69. The predicted molar refractivity (Wildman–Crippen MR) is 52.9 cm³/mol. The van der Waals surface area contributed by atoms with E-state index in [4.69, 9.17) is 10.2 Å². The first-order chi connectivity index (χ1) is 6.77. The molecule has 0 rings (SSSR count). The number of rotatable bonds is 10. The summed E-state index contributed by atoms with van der Waals surface area (Å²) >= 11 is 0. The summed E-state index contributed by atoms with van der Waals surface area (Å²) in [7, 11) is 0. The molecule has 0 radical (unpaired) electrons. The number of aldehydes is 1. The molecule has 0 bridgehead atoms. The first kappa shape index (κ1) is 13.5. The quantitative estimate of drug-likeness (QED) is 0.151. The van der Waals surface area contributed by atoms with Crippen molar-refractivity contribution in [3.63, 3.8) is 0 Å². The molecule has 0 saturated heterocycles. The van der Waals surface area contributed by atoms with Gasteiger partial charge in [-0.15, -0.1) is 0 Å². The van der Waals surface area contributed by atoms with Crippen LogP contribution in [-0.2, 0) is 4.79 Å². The molecule has 5 N–H and O–H groups in total. The Morgan fingerprint density at radius 2 is 1.57 bits per heavy atom. The molecular formula is C8H19N3O3. The maximum Gasteiger partial charge on any atom is 0.164 e. The topological polar surface area (TPSA) is 93.6 Å². The van der Waals surface area contributed by atoms with Crippen LogP contribution >= 0.6 is 0 Å². The molecule has 0 aromatic carbocycles. The molecule has 0 aromatic heterocycles. The molecule has 0 aliphatic carbocycles. The number of nitrogens with one attached hydrogen (secondary N) is 3. The Labute approximate surface area is 83.7 Å². The van der Waals surface area contributed by atoms with Crippen molar-refractivity contribution in [3.8, 4) is 0 Å². The molecule has 0 aromatic rings. The maximum atomic E-state index is 9.90. The summed E-state index contributed by atoms with van der Waals surface area (Å²) in [6, 6.07) is 0. The summed E-state index contributed by atoms with van der Waals surface area (Å²) in [5, 5.41) is 25.8. The molecule has 0 unspecified atom stereocenters. The second kappa shape index (κ2) is 10.6. The minimum atomic E-state index is -1.29. The molecule has 0 amide bonds. The zero-order chi connectivity index (χ0) is 10.6. The van der Waals surface area contributed by atoms with E-state index in [1.54, 1.807) is 0 Å². The van der Waals surface area contributed by atoms with Crippen molar-refractivity contribution in [3.05, 3.63) is 0 Å². The van der Waals surface area contributed by atoms with E-state index in [0.717, 1.165) is 25.9 Å². The van der Waals surface area contributed by atoms with Gasteiger partial charge >= 0.3 is 0 Å². The van der Waals surface area contributed by atoms with Gasteiger partial charge < -0.3 is 31.0 Å². The summed E-state index contributed by atoms with van der Waals surface area (Å²) in [6.07, 6.45) is -0.464. The van der Waals surface area contributed by atoms with Crippen molar-refractivity contribution in [2.75, 3.05) is 39.3 Å². The number of hydrogen-bond donors (Lipinski definition) is 5. The highest BCUT2D eigenvalue weighted by molar-refractivity contribution is 5.51. The van der Waals surface area contributed by atoms with E-state index >= 15 is 0 Å². The lowest BCUT2D eigenvalue weighted by Crippen LogP contribution is -2.35. The molecule has 0 aliphatic heterocycles. The van der Waals surface area contributed by atoms with E-state index in [2.05, 4.69) is 16.0 Å². The second-order valence-electron chi connectivity index (χ2n) is 2.81. The average Bonchev–Trinajstić information content (AvgIpc) is 2.15. The lowest BCUT2D eigenvalue weighted by Gasteiger charge is -2.07. The highest BCUT2D eigenvalue weighted by Crippen LogP contribution is 1.68. The zero-order valence-corrected chi connectivity index (χ0v) is 8.20. The van der Waals surface area contributed by atoms with Crippen molar-refractivity contribution in [1.82, 2.24) is 16.0 Å². The minimum Gasteiger partial charge on any atom is -0.367 e. The van der Waals surface area contributed by atoms with E-state index in [9.17, 15) is 4.79 Å². The number of aliphatic hydroxyl groups is 2. The monoisotopic (exact) mass is 205 g/mol. The van der Waals surface area contributed by atoms with Crippen molar-refractivity contribution in [2.45, 2.75) is 6.29 Å². The molecule has 14 heavy (non-hydrogen) atoms. The standard InChI is InChI=1S/C8H19N3O3/c12-6-5-10-2-1-9-3-4-11-7-8(13)14/h6,8-11,13-14H,1-5,7H2. The van der Waals surface area contributed by atoms with Crippen molar-refractivity contribution in [2.24, 2.45) is 0 Å². The number of carbonyl (C=O) groups excluding carboxylic acids is 1. The Kier molecular flexibility index (Phi) is 10.2. The van der Waals surface area contributed by atoms with Crippen LogP contribution in [0, 0.1) is 0 Å². The van der Waals surface area contributed by atoms with Gasteiger partial charge in [-0.3, -0.25) is 0 Å². The molecule has 6 heteroatoms. The molecular weight excluding hydrogens is 186 g/mol. The Hall–Kier alpha value is -0.530. The molecule has 0 aliphatic rings. The van der Waals surface area contributed by atoms with E-state index < -0.39 is 6.29 Å². The van der Waals surface area contributed by atoms with Crippen LogP contribution in [0.5, 0.6) is 0 Å². The zero-order valence-electron chi connectivity index (χ0n) is 8.20. The summed E-state index contributed by atoms with van der Waals surface area (Å²) in [6.45, 7) is 3.56. The van der Waals surface area contributed by atoms with Gasteiger partial charge in [-0.25, -0.2) is 0 Å². The lowest BCUT2D eigenvalue weighted by atomic mass is 10.5. The Balaban J connectivity index is 2.88. The Morgan fingerprint density at radius 1 is 1.00 bits per heavy atom. The van der Waals surface area contributed by atoms with Crippen LogP contribution in [0.15, 0.2) is 0 Å². The highest BCUT2D eigenvalue weighted by atomic mass is 16.5. The van der Waals surface area contributed by atoms with Gasteiger partial charge in [0.25, 0.3) is 0 Å². The van der Waals surface area contributed by atoms with E-state index in [1.165, 1.54) is 0 Å². The first-order valence-electron chi connectivity index (χ1n) is 4.69. The number of hydrogen-bond acceptors (Lipinski definition) is 6. The van der Waals surface area contributed by atoms with Gasteiger partial charge in [0, 0.05) is 32.7 Å². The molecule has 0 fully saturated rings. The summed E-state index contributed by atoms with van der Waals surface area (Å²) in [4.78, 5) is 9.90. The van der Waals surface area contributed by atoms with Crippen LogP contribution in [0.2, 0.25) is 0 Å². The van der Waals surface area contributed by atoms with Gasteiger partial charge in [0.15, 0.2) is 6.29 Å². The minimum absolute atomic E-state index is 0.186. The summed E-state index contributed by atoms with van der Waals surface area (Å²) < 4.78 is 0. The maximum absolute atomic E-state index is 9.90. The number of carbonyl (C=O) groups is 1. The smallest absolute Gasteiger partial charge is 0.164 e. The van der Waals surface area contributed by atoms with Gasteiger partial charge in [-0.05, 0) is 0 Å². The summed E-state index contributed by atoms with van der Waals surface area (Å²) in [5.41, 5.74) is 0. The largest absolute Gasteiger partial charge is 0.367 e. The molecule has 0 atom stereocenters. The van der Waals surface area contributed by atoms with Crippen LogP contribution in [0.4, 0.5) is 0 Å². The lowest BCUT2D eigenvalue weighted by molar-refractivity contribution is -0.107. The SMILES string of the molecule is O=CCNCCNCCNCC(O)O. The molecule has 0 heterocycles. The van der Waals surface area contributed by atoms with Crippen LogP contribution in [0.25, 0.3) is 0 Å². The van der Waals surface area contributed by atoms with Crippen LogP contribution < -0.4 is 16.0 Å². The Bertz CT molecular complexity index is 133. The van der Waals surface area contributed by atoms with Crippen LogP contribution in [0.1, 0.15) is 0 Å². The molecule has 0 spiro atoms. The normalized spacial score (nSPS) is 10.8. The van der Waals surface area contributed by atoms with E-state index in [-0.39, 0.29) is 6.54 Å². The fourth-order valence-corrected chi connectivity index (χ4v) is 0.871. The van der Waals surface area contributed by atoms with Gasteiger partial charge in [-0.2, -0.15) is 0 Å². The van der Waals surface area contributed by atoms with Gasteiger partial charge in [0.1, 0.15) is 6.29 Å². The van der Waals surface area contributed by atoms with E-state index in [0.29, 0.717) is 13.1 Å². The van der Waals surface area contributed by atoms with Crippen LogP contribution in [0.3, 0.4) is 0 Å². The Morgan fingerprint density at radius 3 is 2.14 bits per heavy atom. The second-order valence-corrected chi connectivity index (χ2v) is 2.81. The molecule has 0 saturated carbocycles. The van der Waals surface area contributed by atoms with Gasteiger partial charge in [0.2, 0.25) is 0 Å². The molecule has 84 valence electrons. The van der Waals surface area contributed by atoms with Crippen LogP contribution in [-0.4, -0.2) is 62.1 Å². The van der Waals surface area contributed by atoms with E-state index in [1.807, 2.05) is 0 Å². The fourth-order valence-electron chi connectivity index (χ4n) is 0.871. The third-order valence-corrected chi connectivity index (χ3v) is 1.51. The van der Waals surface area contributed by atoms with Crippen molar-refractivity contribution >= 4 is 6.29 Å². The number of aliphatic hydroxyl groups excluding tert-OH is 1.